The summed E-state index contributed by atoms with van der Waals surface area (Å²) in [6, 6.07) is 5.81. The first kappa shape index (κ1) is 26.3. The summed E-state index contributed by atoms with van der Waals surface area (Å²) in [5, 5.41) is 6.12. The van der Waals surface area contributed by atoms with E-state index in [1.54, 1.807) is 4.90 Å². The number of amidine groups is 1. The first-order chi connectivity index (χ1) is 17.7. The lowest BCUT2D eigenvalue weighted by molar-refractivity contribution is -0.125. The molecule has 2 saturated heterocycles. The van der Waals surface area contributed by atoms with Crippen molar-refractivity contribution < 1.29 is 18.0 Å². The van der Waals surface area contributed by atoms with Crippen molar-refractivity contribution >= 4 is 33.4 Å². The summed E-state index contributed by atoms with van der Waals surface area (Å²) in [4.78, 5) is 31.8. The number of benzene rings is 1. The molecule has 4 aliphatic rings. The molecule has 0 atom stereocenters. The van der Waals surface area contributed by atoms with Crippen LogP contribution in [0.5, 0.6) is 0 Å². The van der Waals surface area contributed by atoms with Crippen LogP contribution < -0.4 is 15.5 Å². The molecule has 0 bridgehead atoms. The quantitative estimate of drug-likeness (QED) is 0.586. The smallest absolute Gasteiger partial charge is 0.253 e. The maximum atomic E-state index is 13.2. The Balaban J connectivity index is 1.18. The molecule has 10 heteroatoms. The van der Waals surface area contributed by atoms with Crippen LogP contribution in [0.15, 0.2) is 23.2 Å². The number of nitrogens with one attached hydrogen (secondary N) is 2. The molecule has 2 amide bonds. The number of rotatable bonds is 6. The van der Waals surface area contributed by atoms with Crippen molar-refractivity contribution in [1.82, 2.24) is 14.9 Å². The average Bonchev–Trinajstić information content (AvgIpc) is 3.19. The summed E-state index contributed by atoms with van der Waals surface area (Å²) in [5.74, 6) is 1.89. The van der Waals surface area contributed by atoms with Gasteiger partial charge in [-0.2, -0.15) is 0 Å². The highest BCUT2D eigenvalue weighted by Gasteiger charge is 2.48. The summed E-state index contributed by atoms with van der Waals surface area (Å²) < 4.78 is 27.9. The van der Waals surface area contributed by atoms with Crippen molar-refractivity contribution in [3.05, 3.63) is 29.3 Å². The molecule has 202 valence electrons. The van der Waals surface area contributed by atoms with Crippen molar-refractivity contribution in [1.29, 1.82) is 0 Å². The van der Waals surface area contributed by atoms with E-state index >= 15 is 0 Å². The molecule has 3 aliphatic heterocycles. The van der Waals surface area contributed by atoms with Gasteiger partial charge in [-0.25, -0.2) is 12.7 Å². The SMILES string of the molecule is Cc1cc(N2CCNCC2=O)ccc1CCS(=O)(=O)N1CCC2(CC1)N=C(C1CCC(C)CC1)NC2=O. The molecular formula is C27H39N5O4S. The molecule has 0 radical (unpaired) electrons. The fraction of sp³-hybridized carbons (Fsp3) is 0.667. The number of aryl methyl sites for hydroxylation is 2. The van der Waals surface area contributed by atoms with Crippen LogP contribution in [0, 0.1) is 18.8 Å². The van der Waals surface area contributed by atoms with Crippen molar-refractivity contribution in [2.45, 2.75) is 64.3 Å². The van der Waals surface area contributed by atoms with Crippen molar-refractivity contribution in [2.24, 2.45) is 16.8 Å². The molecule has 0 aromatic heterocycles. The third-order valence-electron chi connectivity index (χ3n) is 8.70. The molecule has 0 unspecified atom stereocenters. The van der Waals surface area contributed by atoms with Gasteiger partial charge in [-0.05, 0) is 68.2 Å². The monoisotopic (exact) mass is 529 g/mol. The molecule has 5 rings (SSSR count). The molecule has 1 aromatic rings. The Hall–Kier alpha value is -2.30. The van der Waals surface area contributed by atoms with Gasteiger partial charge in [0.1, 0.15) is 11.4 Å². The Morgan fingerprint density at radius 3 is 2.49 bits per heavy atom. The number of anilines is 1. The molecule has 1 spiro atoms. The van der Waals surface area contributed by atoms with Gasteiger partial charge in [0.05, 0.1) is 12.3 Å². The van der Waals surface area contributed by atoms with E-state index in [1.165, 1.54) is 4.31 Å². The maximum Gasteiger partial charge on any atom is 0.253 e. The standard InChI is InChI=1S/C27H39N5O4S/c1-19-3-5-22(6-4-19)25-29-26(34)27(30-25)10-13-31(14-11-27)37(35,36)16-9-21-7-8-23(17-20(21)2)32-15-12-28-18-24(32)33/h7-8,17,19,22,28H,3-6,9-16,18H2,1-2H3,(H,29,30,34). The van der Waals surface area contributed by atoms with E-state index in [-0.39, 0.29) is 17.6 Å². The van der Waals surface area contributed by atoms with Crippen LogP contribution in [0.1, 0.15) is 56.6 Å². The number of hydrogen-bond acceptors (Lipinski definition) is 6. The van der Waals surface area contributed by atoms with Gasteiger partial charge in [0.15, 0.2) is 0 Å². The number of nitrogens with zero attached hydrogens (tertiary/aromatic N) is 3. The Morgan fingerprint density at radius 1 is 1.08 bits per heavy atom. The molecule has 2 N–H and O–H groups in total. The Morgan fingerprint density at radius 2 is 1.81 bits per heavy atom. The fourth-order valence-electron chi connectivity index (χ4n) is 6.12. The number of aliphatic imine (C=N–C) groups is 1. The van der Waals surface area contributed by atoms with Gasteiger partial charge in [0.2, 0.25) is 15.9 Å². The van der Waals surface area contributed by atoms with Gasteiger partial charge in [-0.15, -0.1) is 0 Å². The molecule has 3 heterocycles. The highest BCUT2D eigenvalue weighted by molar-refractivity contribution is 7.89. The Bertz CT molecular complexity index is 1180. The van der Waals surface area contributed by atoms with Crippen molar-refractivity contribution in [3.63, 3.8) is 0 Å². The predicted octanol–water partition coefficient (Wildman–Crippen LogP) is 1.99. The minimum absolute atomic E-state index is 0.0216. The second kappa shape index (κ2) is 10.5. The van der Waals surface area contributed by atoms with E-state index < -0.39 is 15.6 Å². The minimum Gasteiger partial charge on any atom is -0.312 e. The van der Waals surface area contributed by atoms with E-state index in [2.05, 4.69) is 17.6 Å². The zero-order valence-corrected chi connectivity index (χ0v) is 22.8. The summed E-state index contributed by atoms with van der Waals surface area (Å²) >= 11 is 0. The average molecular weight is 530 g/mol. The van der Waals surface area contributed by atoms with Crippen LogP contribution in [-0.4, -0.2) is 74.4 Å². The summed E-state index contributed by atoms with van der Waals surface area (Å²) in [6.07, 6.45) is 5.71. The van der Waals surface area contributed by atoms with E-state index in [1.807, 2.05) is 25.1 Å². The number of hydrogen-bond donors (Lipinski definition) is 2. The number of piperidine rings is 1. The normalized spacial score (nSPS) is 26.9. The van der Waals surface area contributed by atoms with E-state index in [0.29, 0.717) is 51.4 Å². The molecule has 1 aliphatic carbocycles. The molecule has 9 nitrogen and oxygen atoms in total. The maximum absolute atomic E-state index is 13.2. The van der Waals surface area contributed by atoms with Crippen LogP contribution in [0.2, 0.25) is 0 Å². The summed E-state index contributed by atoms with van der Waals surface area (Å²) in [7, 11) is -3.46. The predicted molar refractivity (Wildman–Crippen MR) is 144 cm³/mol. The zero-order chi connectivity index (χ0) is 26.2. The van der Waals surface area contributed by atoms with E-state index in [4.69, 9.17) is 4.99 Å². The third kappa shape index (κ3) is 5.47. The van der Waals surface area contributed by atoms with Gasteiger partial charge in [0.25, 0.3) is 5.91 Å². The zero-order valence-electron chi connectivity index (χ0n) is 22.0. The van der Waals surface area contributed by atoms with Crippen molar-refractivity contribution in [3.8, 4) is 0 Å². The molecular weight excluding hydrogens is 490 g/mol. The molecule has 3 fully saturated rings. The molecule has 1 aromatic carbocycles. The number of carbonyl (C=O) groups is 2. The topological polar surface area (TPSA) is 111 Å². The van der Waals surface area contributed by atoms with E-state index in [0.717, 1.165) is 60.8 Å². The van der Waals surface area contributed by atoms with Crippen molar-refractivity contribution in [2.75, 3.05) is 43.4 Å². The van der Waals surface area contributed by atoms with Gasteiger partial charge in [-0.3, -0.25) is 14.6 Å². The lowest BCUT2D eigenvalue weighted by Gasteiger charge is -2.34. The van der Waals surface area contributed by atoms with Gasteiger partial charge >= 0.3 is 0 Å². The lowest BCUT2D eigenvalue weighted by Crippen LogP contribution is -2.51. The Kier molecular flexibility index (Phi) is 7.44. The minimum atomic E-state index is -3.46. The fourth-order valence-corrected chi connectivity index (χ4v) is 7.59. The number of amides is 2. The summed E-state index contributed by atoms with van der Waals surface area (Å²) in [6.45, 7) is 6.60. The lowest BCUT2D eigenvalue weighted by atomic mass is 9.82. The van der Waals surface area contributed by atoms with Crippen LogP contribution >= 0.6 is 0 Å². The van der Waals surface area contributed by atoms with Crippen LogP contribution in [0.3, 0.4) is 0 Å². The van der Waals surface area contributed by atoms with E-state index in [9.17, 15) is 18.0 Å². The van der Waals surface area contributed by atoms with Gasteiger partial charge in [-0.1, -0.05) is 25.8 Å². The van der Waals surface area contributed by atoms with Crippen LogP contribution in [-0.2, 0) is 26.0 Å². The van der Waals surface area contributed by atoms with Crippen LogP contribution in [0.25, 0.3) is 0 Å². The summed E-state index contributed by atoms with van der Waals surface area (Å²) in [5.41, 5.74) is 2.00. The second-order valence-electron chi connectivity index (χ2n) is 11.2. The molecule has 37 heavy (non-hydrogen) atoms. The van der Waals surface area contributed by atoms with Gasteiger partial charge < -0.3 is 15.5 Å². The number of sulfonamides is 1. The molecule has 1 saturated carbocycles. The first-order valence-electron chi connectivity index (χ1n) is 13.7. The number of piperazine rings is 1. The third-order valence-corrected chi connectivity index (χ3v) is 10.6. The largest absolute Gasteiger partial charge is 0.312 e. The van der Waals surface area contributed by atoms with Crippen LogP contribution in [0.4, 0.5) is 5.69 Å². The first-order valence-corrected chi connectivity index (χ1v) is 15.3. The second-order valence-corrected chi connectivity index (χ2v) is 13.3. The number of carbonyl (C=O) groups excluding carboxylic acids is 2. The Labute approximate surface area is 220 Å². The highest BCUT2D eigenvalue weighted by Crippen LogP contribution is 2.36. The highest BCUT2D eigenvalue weighted by atomic mass is 32.2. The van der Waals surface area contributed by atoms with Gasteiger partial charge in [0, 0.05) is 37.8 Å².